The molecule has 1 aliphatic heterocycles. The average molecular weight is 176 g/mol. The highest BCUT2D eigenvalue weighted by Crippen LogP contribution is 2.25. The van der Waals surface area contributed by atoms with Crippen LogP contribution in [0.2, 0.25) is 0 Å². The molecule has 4 nitrogen and oxygen atoms in total. The summed E-state index contributed by atoms with van der Waals surface area (Å²) >= 11 is 0. The van der Waals surface area contributed by atoms with Crippen LogP contribution in [0.5, 0.6) is 0 Å². The largest absolute Gasteiger partial charge is 0.394 e. The molecule has 3 N–H and O–H groups in total. The van der Waals surface area contributed by atoms with Gasteiger partial charge >= 0.3 is 0 Å². The molecule has 1 saturated heterocycles. The molecule has 0 saturated carbocycles. The van der Waals surface area contributed by atoms with Gasteiger partial charge in [0.15, 0.2) is 0 Å². The van der Waals surface area contributed by atoms with Gasteiger partial charge in [-0.3, -0.25) is 0 Å². The van der Waals surface area contributed by atoms with Crippen molar-refractivity contribution in [2.45, 2.75) is 38.3 Å². The third-order valence-corrected chi connectivity index (χ3v) is 2.24. The van der Waals surface area contributed by atoms with E-state index in [0.29, 0.717) is 0 Å². The van der Waals surface area contributed by atoms with Crippen LogP contribution in [0, 0.1) is 5.92 Å². The van der Waals surface area contributed by atoms with Crippen molar-refractivity contribution in [3.63, 3.8) is 0 Å². The fraction of sp³-hybridized carbons (Fsp3) is 1.00. The van der Waals surface area contributed by atoms with Gasteiger partial charge < -0.3 is 20.1 Å². The summed E-state index contributed by atoms with van der Waals surface area (Å²) in [6, 6.07) is 0. The summed E-state index contributed by atoms with van der Waals surface area (Å²) in [6.45, 7) is 3.56. The zero-order chi connectivity index (χ0) is 9.30. The zero-order valence-corrected chi connectivity index (χ0v) is 7.34. The Kier molecular flexibility index (Phi) is 3.06. The molecule has 0 aliphatic carbocycles. The Bertz CT molecular complexity index is 148. The normalized spacial score (nSPS) is 42.5. The van der Waals surface area contributed by atoms with Crippen LogP contribution in [0.3, 0.4) is 0 Å². The molecule has 72 valence electrons. The van der Waals surface area contributed by atoms with Crippen LogP contribution < -0.4 is 0 Å². The predicted octanol–water partition coefficient (Wildman–Crippen LogP) is -0.876. The highest BCUT2D eigenvalue weighted by atomic mass is 16.6. The van der Waals surface area contributed by atoms with E-state index in [1.165, 1.54) is 0 Å². The first kappa shape index (κ1) is 9.92. The summed E-state index contributed by atoms with van der Waals surface area (Å²) in [7, 11) is 0. The zero-order valence-electron chi connectivity index (χ0n) is 7.34. The molecular weight excluding hydrogens is 160 g/mol. The van der Waals surface area contributed by atoms with Crippen LogP contribution in [0.4, 0.5) is 0 Å². The Morgan fingerprint density at radius 1 is 1.25 bits per heavy atom. The summed E-state index contributed by atoms with van der Waals surface area (Å²) in [5, 5.41) is 27.5. The number of hydrogen-bond donors (Lipinski definition) is 3. The number of hydrogen-bond acceptors (Lipinski definition) is 4. The highest BCUT2D eigenvalue weighted by molar-refractivity contribution is 4.91. The van der Waals surface area contributed by atoms with Crippen molar-refractivity contribution >= 4 is 0 Å². The molecule has 0 amide bonds. The molecule has 1 rings (SSSR count). The molecule has 0 aromatic heterocycles. The van der Waals surface area contributed by atoms with Crippen molar-refractivity contribution < 1.29 is 20.1 Å². The van der Waals surface area contributed by atoms with Gasteiger partial charge in [0.05, 0.1) is 12.7 Å². The Morgan fingerprint density at radius 3 is 2.08 bits per heavy atom. The topological polar surface area (TPSA) is 69.9 Å². The molecule has 1 heterocycles. The molecule has 0 spiro atoms. The Morgan fingerprint density at radius 2 is 1.83 bits per heavy atom. The standard InChI is InChI=1S/C8H16O4/c1-4(2)8-7(11)6(10)5(3-9)12-8/h4-11H,3H2,1-2H3/t5-,6?,7-,8-/m1/s1. The van der Waals surface area contributed by atoms with E-state index in [0.717, 1.165) is 0 Å². The SMILES string of the molecule is CC(C)[C@H]1O[C@H](CO)C(O)[C@H]1O. The van der Waals surface area contributed by atoms with E-state index in [4.69, 9.17) is 9.84 Å². The molecule has 1 unspecified atom stereocenters. The first-order valence-corrected chi connectivity index (χ1v) is 4.20. The molecular formula is C8H16O4. The van der Waals surface area contributed by atoms with Gasteiger partial charge in [-0.05, 0) is 5.92 Å². The van der Waals surface area contributed by atoms with Crippen molar-refractivity contribution in [2.24, 2.45) is 5.92 Å². The first-order valence-electron chi connectivity index (χ1n) is 4.20. The van der Waals surface area contributed by atoms with Gasteiger partial charge in [-0.1, -0.05) is 13.8 Å². The fourth-order valence-electron chi connectivity index (χ4n) is 1.48. The monoisotopic (exact) mass is 176 g/mol. The lowest BCUT2D eigenvalue weighted by Gasteiger charge is -2.17. The molecule has 4 atom stereocenters. The maximum atomic E-state index is 9.44. The number of aliphatic hydroxyl groups excluding tert-OH is 3. The predicted molar refractivity (Wildman–Crippen MR) is 42.6 cm³/mol. The van der Waals surface area contributed by atoms with Gasteiger partial charge in [0, 0.05) is 0 Å². The maximum Gasteiger partial charge on any atom is 0.111 e. The second-order valence-corrected chi connectivity index (χ2v) is 3.55. The van der Waals surface area contributed by atoms with Gasteiger partial charge in [-0.25, -0.2) is 0 Å². The van der Waals surface area contributed by atoms with Crippen molar-refractivity contribution in [3.05, 3.63) is 0 Å². The summed E-state index contributed by atoms with van der Waals surface area (Å²) in [5.74, 6) is 0.145. The van der Waals surface area contributed by atoms with E-state index in [2.05, 4.69) is 0 Å². The van der Waals surface area contributed by atoms with Gasteiger partial charge in [0.2, 0.25) is 0 Å². The van der Waals surface area contributed by atoms with Crippen molar-refractivity contribution in [3.8, 4) is 0 Å². The van der Waals surface area contributed by atoms with E-state index in [9.17, 15) is 10.2 Å². The minimum absolute atomic E-state index is 0.145. The van der Waals surface area contributed by atoms with Gasteiger partial charge in [-0.15, -0.1) is 0 Å². The summed E-state index contributed by atoms with van der Waals surface area (Å²) in [4.78, 5) is 0. The molecule has 1 fully saturated rings. The van der Waals surface area contributed by atoms with E-state index < -0.39 is 18.3 Å². The average Bonchev–Trinajstić information content (AvgIpc) is 2.30. The summed E-state index contributed by atoms with van der Waals surface area (Å²) in [5.41, 5.74) is 0. The third-order valence-electron chi connectivity index (χ3n) is 2.24. The van der Waals surface area contributed by atoms with Crippen molar-refractivity contribution in [1.29, 1.82) is 0 Å². The molecule has 0 aromatic rings. The van der Waals surface area contributed by atoms with Gasteiger partial charge in [-0.2, -0.15) is 0 Å². The lowest BCUT2D eigenvalue weighted by Crippen LogP contribution is -2.35. The van der Waals surface area contributed by atoms with Crippen LogP contribution >= 0.6 is 0 Å². The first-order chi connectivity index (χ1) is 5.57. The quantitative estimate of drug-likeness (QED) is 0.511. The summed E-state index contributed by atoms with van der Waals surface area (Å²) in [6.07, 6.45) is -2.82. The Hall–Kier alpha value is -0.160. The van der Waals surface area contributed by atoms with Crippen LogP contribution in [-0.2, 0) is 4.74 Å². The lowest BCUT2D eigenvalue weighted by molar-refractivity contribution is -0.0369. The van der Waals surface area contributed by atoms with E-state index in [1.54, 1.807) is 0 Å². The van der Waals surface area contributed by atoms with Gasteiger partial charge in [0.25, 0.3) is 0 Å². The van der Waals surface area contributed by atoms with Crippen molar-refractivity contribution in [2.75, 3.05) is 6.61 Å². The minimum Gasteiger partial charge on any atom is -0.394 e. The van der Waals surface area contributed by atoms with E-state index >= 15 is 0 Å². The lowest BCUT2D eigenvalue weighted by atomic mass is 10.00. The van der Waals surface area contributed by atoms with Gasteiger partial charge in [0.1, 0.15) is 18.3 Å². The van der Waals surface area contributed by atoms with E-state index in [-0.39, 0.29) is 18.6 Å². The maximum absolute atomic E-state index is 9.44. The highest BCUT2D eigenvalue weighted by Gasteiger charge is 2.43. The molecule has 4 heteroatoms. The molecule has 0 aromatic carbocycles. The second-order valence-electron chi connectivity index (χ2n) is 3.55. The number of rotatable bonds is 2. The molecule has 12 heavy (non-hydrogen) atoms. The fourth-order valence-corrected chi connectivity index (χ4v) is 1.48. The minimum atomic E-state index is -0.956. The Labute approximate surface area is 71.8 Å². The molecule has 1 aliphatic rings. The van der Waals surface area contributed by atoms with Crippen molar-refractivity contribution in [1.82, 2.24) is 0 Å². The third kappa shape index (κ3) is 1.61. The van der Waals surface area contributed by atoms with Crippen LogP contribution in [-0.4, -0.2) is 46.3 Å². The van der Waals surface area contributed by atoms with Crippen LogP contribution in [0.15, 0.2) is 0 Å². The van der Waals surface area contributed by atoms with E-state index in [1.807, 2.05) is 13.8 Å². The number of aliphatic hydroxyl groups is 3. The summed E-state index contributed by atoms with van der Waals surface area (Å²) < 4.78 is 5.25. The van der Waals surface area contributed by atoms with Crippen LogP contribution in [0.1, 0.15) is 13.8 Å². The molecule has 0 radical (unpaired) electrons. The smallest absolute Gasteiger partial charge is 0.111 e. The number of ether oxygens (including phenoxy) is 1. The molecule has 0 bridgehead atoms. The second kappa shape index (κ2) is 3.70. The Balaban J connectivity index is 2.60. The van der Waals surface area contributed by atoms with Crippen LogP contribution in [0.25, 0.3) is 0 Å².